The maximum absolute atomic E-state index is 9.07. The Hall–Kier alpha value is -1.87. The van der Waals surface area contributed by atoms with Crippen LogP contribution in [-0.2, 0) is 13.2 Å². The first-order chi connectivity index (χ1) is 8.70. The van der Waals surface area contributed by atoms with Crippen LogP contribution in [0.1, 0.15) is 22.3 Å². The fourth-order valence-electron chi connectivity index (χ4n) is 1.86. The van der Waals surface area contributed by atoms with Gasteiger partial charge in [-0.3, -0.25) is 0 Å². The lowest BCUT2D eigenvalue weighted by molar-refractivity contribution is 0.282. The van der Waals surface area contributed by atoms with Crippen LogP contribution in [0.2, 0.25) is 0 Å². The summed E-state index contributed by atoms with van der Waals surface area (Å²) in [7, 11) is 0. The highest BCUT2D eigenvalue weighted by molar-refractivity contribution is 5.40. The van der Waals surface area contributed by atoms with Gasteiger partial charge in [-0.05, 0) is 48.2 Å². The molecule has 2 aromatic rings. The summed E-state index contributed by atoms with van der Waals surface area (Å²) in [5.74, 6) is 0.794. The van der Waals surface area contributed by atoms with Crippen molar-refractivity contribution in [2.75, 3.05) is 5.32 Å². The zero-order valence-electron chi connectivity index (χ0n) is 10.8. The molecule has 1 aromatic heterocycles. The van der Waals surface area contributed by atoms with Crippen molar-refractivity contribution >= 4 is 5.82 Å². The summed E-state index contributed by atoms with van der Waals surface area (Å²) in [6, 6.07) is 9.97. The van der Waals surface area contributed by atoms with Gasteiger partial charge in [-0.15, -0.1) is 0 Å². The van der Waals surface area contributed by atoms with Crippen molar-refractivity contribution in [3.63, 3.8) is 0 Å². The average Bonchev–Trinajstić information content (AvgIpc) is 2.41. The summed E-state index contributed by atoms with van der Waals surface area (Å²) in [6.07, 6.45) is 1.71. The van der Waals surface area contributed by atoms with Crippen molar-refractivity contribution in [2.45, 2.75) is 27.0 Å². The predicted molar refractivity (Wildman–Crippen MR) is 73.4 cm³/mol. The van der Waals surface area contributed by atoms with Crippen LogP contribution in [0.25, 0.3) is 0 Å². The first-order valence-corrected chi connectivity index (χ1v) is 6.05. The molecule has 0 fully saturated rings. The summed E-state index contributed by atoms with van der Waals surface area (Å²) in [4.78, 5) is 4.23. The van der Waals surface area contributed by atoms with Gasteiger partial charge in [-0.2, -0.15) is 0 Å². The molecule has 0 amide bonds. The molecule has 2 rings (SSSR count). The molecule has 94 valence electrons. The van der Waals surface area contributed by atoms with E-state index in [-0.39, 0.29) is 6.61 Å². The molecule has 1 aromatic carbocycles. The van der Waals surface area contributed by atoms with Crippen molar-refractivity contribution in [1.29, 1.82) is 0 Å². The molecule has 0 spiro atoms. The highest BCUT2D eigenvalue weighted by Crippen LogP contribution is 2.14. The van der Waals surface area contributed by atoms with E-state index in [2.05, 4.69) is 42.3 Å². The zero-order chi connectivity index (χ0) is 13.0. The van der Waals surface area contributed by atoms with E-state index >= 15 is 0 Å². The summed E-state index contributed by atoms with van der Waals surface area (Å²) in [6.45, 7) is 5.03. The van der Waals surface area contributed by atoms with Crippen LogP contribution in [-0.4, -0.2) is 10.1 Å². The third-order valence-corrected chi connectivity index (χ3v) is 3.18. The molecule has 1 heterocycles. The molecular weight excluding hydrogens is 224 g/mol. The number of anilines is 1. The van der Waals surface area contributed by atoms with Gasteiger partial charge in [0, 0.05) is 12.7 Å². The van der Waals surface area contributed by atoms with Crippen LogP contribution >= 0.6 is 0 Å². The summed E-state index contributed by atoms with van der Waals surface area (Å²) >= 11 is 0. The van der Waals surface area contributed by atoms with Gasteiger partial charge in [0.15, 0.2) is 0 Å². The number of nitrogens with zero attached hydrogens (tertiary/aromatic N) is 1. The van der Waals surface area contributed by atoms with Crippen LogP contribution < -0.4 is 5.32 Å². The molecule has 3 heteroatoms. The van der Waals surface area contributed by atoms with Gasteiger partial charge in [-0.1, -0.05) is 18.2 Å². The minimum atomic E-state index is 0.0423. The van der Waals surface area contributed by atoms with Crippen LogP contribution in [0.15, 0.2) is 36.5 Å². The van der Waals surface area contributed by atoms with Crippen molar-refractivity contribution in [3.8, 4) is 0 Å². The Morgan fingerprint density at radius 1 is 1.22 bits per heavy atom. The van der Waals surface area contributed by atoms with Gasteiger partial charge < -0.3 is 10.4 Å². The number of aliphatic hydroxyl groups excluding tert-OH is 1. The molecule has 0 aliphatic carbocycles. The number of aliphatic hydroxyl groups is 1. The summed E-state index contributed by atoms with van der Waals surface area (Å²) < 4.78 is 0. The highest BCUT2D eigenvalue weighted by atomic mass is 16.3. The van der Waals surface area contributed by atoms with Crippen LogP contribution in [0.4, 0.5) is 5.82 Å². The standard InChI is InChI=1S/C15H18N2O/c1-11-4-3-5-14(12(11)2)9-17-15-8-13(10-18)6-7-16-15/h3-8,18H,9-10H2,1-2H3,(H,16,17). The lowest BCUT2D eigenvalue weighted by atomic mass is 10.0. The van der Waals surface area contributed by atoms with E-state index in [4.69, 9.17) is 5.11 Å². The smallest absolute Gasteiger partial charge is 0.126 e. The molecule has 0 saturated carbocycles. The molecule has 0 atom stereocenters. The molecule has 0 aliphatic heterocycles. The SMILES string of the molecule is Cc1cccc(CNc2cc(CO)ccn2)c1C. The van der Waals surface area contributed by atoms with E-state index in [1.165, 1.54) is 16.7 Å². The topological polar surface area (TPSA) is 45.1 Å². The van der Waals surface area contributed by atoms with E-state index in [1.54, 1.807) is 6.20 Å². The van der Waals surface area contributed by atoms with E-state index in [9.17, 15) is 0 Å². The Kier molecular flexibility index (Phi) is 3.95. The van der Waals surface area contributed by atoms with Crippen molar-refractivity contribution < 1.29 is 5.11 Å². The lowest BCUT2D eigenvalue weighted by Gasteiger charge is -2.10. The Morgan fingerprint density at radius 2 is 2.06 bits per heavy atom. The third kappa shape index (κ3) is 2.87. The molecule has 0 saturated heterocycles. The Morgan fingerprint density at radius 3 is 2.83 bits per heavy atom. The number of benzene rings is 1. The number of aromatic nitrogens is 1. The van der Waals surface area contributed by atoms with E-state index < -0.39 is 0 Å². The van der Waals surface area contributed by atoms with E-state index in [0.717, 1.165) is 17.9 Å². The van der Waals surface area contributed by atoms with Gasteiger partial charge in [-0.25, -0.2) is 4.98 Å². The number of hydrogen-bond donors (Lipinski definition) is 2. The number of nitrogens with one attached hydrogen (secondary N) is 1. The largest absolute Gasteiger partial charge is 0.392 e. The van der Waals surface area contributed by atoms with Gasteiger partial charge in [0.05, 0.1) is 6.61 Å². The summed E-state index contributed by atoms with van der Waals surface area (Å²) in [5, 5.41) is 12.4. The molecule has 0 aliphatic rings. The highest BCUT2D eigenvalue weighted by Gasteiger charge is 2.01. The van der Waals surface area contributed by atoms with E-state index in [1.807, 2.05) is 12.1 Å². The molecule has 0 bridgehead atoms. The number of rotatable bonds is 4. The molecule has 0 unspecified atom stereocenters. The van der Waals surface area contributed by atoms with E-state index in [0.29, 0.717) is 0 Å². The normalized spacial score (nSPS) is 10.4. The average molecular weight is 242 g/mol. The fourth-order valence-corrected chi connectivity index (χ4v) is 1.86. The maximum Gasteiger partial charge on any atom is 0.126 e. The second kappa shape index (κ2) is 5.65. The number of pyridine rings is 1. The van der Waals surface area contributed by atoms with Gasteiger partial charge in [0.25, 0.3) is 0 Å². The quantitative estimate of drug-likeness (QED) is 0.866. The molecule has 2 N–H and O–H groups in total. The van der Waals surface area contributed by atoms with Gasteiger partial charge >= 0.3 is 0 Å². The van der Waals surface area contributed by atoms with Crippen molar-refractivity contribution in [1.82, 2.24) is 4.98 Å². The number of hydrogen-bond acceptors (Lipinski definition) is 3. The second-order valence-corrected chi connectivity index (χ2v) is 4.42. The van der Waals surface area contributed by atoms with Gasteiger partial charge in [0.2, 0.25) is 0 Å². The third-order valence-electron chi connectivity index (χ3n) is 3.18. The molecule has 0 radical (unpaired) electrons. The van der Waals surface area contributed by atoms with Crippen molar-refractivity contribution in [2.24, 2.45) is 0 Å². The second-order valence-electron chi connectivity index (χ2n) is 4.42. The molecule has 3 nitrogen and oxygen atoms in total. The zero-order valence-corrected chi connectivity index (χ0v) is 10.8. The fraction of sp³-hybridized carbons (Fsp3) is 0.267. The van der Waals surface area contributed by atoms with Crippen molar-refractivity contribution in [3.05, 3.63) is 58.8 Å². The van der Waals surface area contributed by atoms with Crippen LogP contribution in [0.3, 0.4) is 0 Å². The first kappa shape index (κ1) is 12.6. The predicted octanol–water partition coefficient (Wildman–Crippen LogP) is 2.80. The Balaban J connectivity index is 2.09. The minimum absolute atomic E-state index is 0.0423. The maximum atomic E-state index is 9.07. The molecule has 18 heavy (non-hydrogen) atoms. The monoisotopic (exact) mass is 242 g/mol. The van der Waals surface area contributed by atoms with Crippen LogP contribution in [0, 0.1) is 13.8 Å². The number of aryl methyl sites for hydroxylation is 1. The van der Waals surface area contributed by atoms with Gasteiger partial charge in [0.1, 0.15) is 5.82 Å². The first-order valence-electron chi connectivity index (χ1n) is 6.05. The van der Waals surface area contributed by atoms with Crippen LogP contribution in [0.5, 0.6) is 0 Å². The minimum Gasteiger partial charge on any atom is -0.392 e. The molecular formula is C15H18N2O. The summed E-state index contributed by atoms with van der Waals surface area (Å²) in [5.41, 5.74) is 4.74. The lowest BCUT2D eigenvalue weighted by Crippen LogP contribution is -2.04. The Labute approximate surface area is 108 Å². The Bertz CT molecular complexity index is 538.